The molecule has 7 heteroatoms. The van der Waals surface area contributed by atoms with E-state index in [0.717, 1.165) is 14.0 Å². The number of hydrogen-bond acceptors (Lipinski definition) is 5. The Morgan fingerprint density at radius 3 is 2.40 bits per heavy atom. The lowest BCUT2D eigenvalue weighted by Gasteiger charge is -2.22. The first-order chi connectivity index (χ1) is 6.75. The molecule has 0 rings (SSSR count). The molecule has 5 nitrogen and oxygen atoms in total. The molecule has 0 aliphatic rings. The highest BCUT2D eigenvalue weighted by Gasteiger charge is 2.33. The molecule has 0 aliphatic carbocycles. The van der Waals surface area contributed by atoms with Crippen molar-refractivity contribution in [2.24, 2.45) is 0 Å². The Balaban J connectivity index is 4.00. The number of esters is 1. The first kappa shape index (κ1) is 14.2. The molecule has 0 aliphatic heterocycles. The van der Waals surface area contributed by atoms with Gasteiger partial charge in [-0.2, -0.15) is 0 Å². The highest BCUT2D eigenvalue weighted by molar-refractivity contribution is 5.78. The standard InChI is InChI=1S/C8H15F2NO4/c1-7(14,6(13)15-2)3-11-4-8(9,10)5-12/h11-12,14H,3-5H2,1-2H3. The van der Waals surface area contributed by atoms with Gasteiger partial charge < -0.3 is 20.3 Å². The highest BCUT2D eigenvalue weighted by atomic mass is 19.3. The van der Waals surface area contributed by atoms with Gasteiger partial charge in [-0.3, -0.25) is 0 Å². The van der Waals surface area contributed by atoms with Crippen molar-refractivity contribution in [3.63, 3.8) is 0 Å². The van der Waals surface area contributed by atoms with Crippen molar-refractivity contribution in [2.45, 2.75) is 18.4 Å². The molecule has 0 heterocycles. The van der Waals surface area contributed by atoms with Gasteiger partial charge in [-0.05, 0) is 6.92 Å². The van der Waals surface area contributed by atoms with Gasteiger partial charge in [-0.1, -0.05) is 0 Å². The van der Waals surface area contributed by atoms with Crippen LogP contribution in [0.5, 0.6) is 0 Å². The van der Waals surface area contributed by atoms with Crippen LogP contribution in [0.2, 0.25) is 0 Å². The molecular formula is C8H15F2NO4. The van der Waals surface area contributed by atoms with Crippen LogP contribution < -0.4 is 5.32 Å². The molecule has 0 aromatic carbocycles. The summed E-state index contributed by atoms with van der Waals surface area (Å²) in [6.45, 7) is -1.35. The van der Waals surface area contributed by atoms with Crippen LogP contribution in [0.15, 0.2) is 0 Å². The fraction of sp³-hybridized carbons (Fsp3) is 0.875. The van der Waals surface area contributed by atoms with Crippen molar-refractivity contribution in [3.05, 3.63) is 0 Å². The summed E-state index contributed by atoms with van der Waals surface area (Å²) in [7, 11) is 1.08. The van der Waals surface area contributed by atoms with Gasteiger partial charge in [-0.25, -0.2) is 13.6 Å². The molecule has 0 bridgehead atoms. The molecule has 1 unspecified atom stereocenters. The minimum Gasteiger partial charge on any atom is -0.467 e. The Morgan fingerprint density at radius 2 is 2.00 bits per heavy atom. The van der Waals surface area contributed by atoms with E-state index >= 15 is 0 Å². The van der Waals surface area contributed by atoms with Gasteiger partial charge in [0.25, 0.3) is 5.92 Å². The highest BCUT2D eigenvalue weighted by Crippen LogP contribution is 2.11. The zero-order valence-corrected chi connectivity index (χ0v) is 8.59. The van der Waals surface area contributed by atoms with Crippen molar-refractivity contribution < 1.29 is 28.5 Å². The summed E-state index contributed by atoms with van der Waals surface area (Å²) in [5, 5.41) is 19.8. The molecule has 0 aromatic heterocycles. The Labute approximate surface area is 86.0 Å². The number of ether oxygens (including phenoxy) is 1. The molecular weight excluding hydrogens is 212 g/mol. The van der Waals surface area contributed by atoms with Crippen molar-refractivity contribution in [1.82, 2.24) is 5.32 Å². The lowest BCUT2D eigenvalue weighted by Crippen LogP contribution is -2.48. The minimum absolute atomic E-state index is 0.380. The molecule has 0 spiro atoms. The summed E-state index contributed by atoms with van der Waals surface area (Å²) in [4.78, 5) is 10.9. The van der Waals surface area contributed by atoms with Gasteiger partial charge in [0.05, 0.1) is 13.7 Å². The second kappa shape index (κ2) is 5.34. The summed E-state index contributed by atoms with van der Waals surface area (Å²) >= 11 is 0. The maximum absolute atomic E-state index is 12.5. The number of aliphatic hydroxyl groups excluding tert-OH is 1. The van der Waals surface area contributed by atoms with Gasteiger partial charge in [0.1, 0.15) is 6.61 Å². The first-order valence-electron chi connectivity index (χ1n) is 4.25. The number of rotatable bonds is 6. The van der Waals surface area contributed by atoms with Crippen LogP contribution in [0.25, 0.3) is 0 Å². The van der Waals surface area contributed by atoms with E-state index in [4.69, 9.17) is 5.11 Å². The summed E-state index contributed by atoms with van der Waals surface area (Å²) in [5.74, 6) is -4.19. The van der Waals surface area contributed by atoms with E-state index in [1.807, 2.05) is 0 Å². The van der Waals surface area contributed by atoms with Gasteiger partial charge in [0.15, 0.2) is 5.60 Å². The van der Waals surface area contributed by atoms with Gasteiger partial charge >= 0.3 is 5.97 Å². The van der Waals surface area contributed by atoms with Crippen molar-refractivity contribution in [3.8, 4) is 0 Å². The average Bonchev–Trinajstić information content (AvgIpc) is 2.16. The number of carbonyl (C=O) groups excluding carboxylic acids is 1. The van der Waals surface area contributed by atoms with Gasteiger partial charge in [0, 0.05) is 6.54 Å². The topological polar surface area (TPSA) is 78.8 Å². The number of halogens is 2. The largest absolute Gasteiger partial charge is 0.467 e. The maximum atomic E-state index is 12.5. The van der Waals surface area contributed by atoms with E-state index < -0.39 is 30.6 Å². The van der Waals surface area contributed by atoms with Crippen LogP contribution in [-0.4, -0.2) is 54.5 Å². The molecule has 0 amide bonds. The molecule has 0 saturated carbocycles. The number of aliphatic hydroxyl groups is 2. The molecule has 0 aromatic rings. The summed E-state index contributed by atoms with van der Waals surface area (Å²) in [6.07, 6.45) is 0. The molecule has 90 valence electrons. The second-order valence-electron chi connectivity index (χ2n) is 3.38. The summed E-state index contributed by atoms with van der Waals surface area (Å²) in [5.41, 5.74) is -1.86. The minimum atomic E-state index is -3.27. The number of alkyl halides is 2. The molecule has 0 fully saturated rings. The van der Waals surface area contributed by atoms with Crippen LogP contribution in [-0.2, 0) is 9.53 Å². The molecule has 1 atom stereocenters. The van der Waals surface area contributed by atoms with E-state index in [0.29, 0.717) is 0 Å². The van der Waals surface area contributed by atoms with E-state index in [1.165, 1.54) is 0 Å². The van der Waals surface area contributed by atoms with Crippen LogP contribution in [0.4, 0.5) is 8.78 Å². The maximum Gasteiger partial charge on any atom is 0.338 e. The fourth-order valence-corrected chi connectivity index (χ4v) is 0.837. The average molecular weight is 227 g/mol. The van der Waals surface area contributed by atoms with Crippen molar-refractivity contribution in [2.75, 3.05) is 26.8 Å². The quantitative estimate of drug-likeness (QED) is 0.514. The van der Waals surface area contributed by atoms with Crippen LogP contribution in [0.3, 0.4) is 0 Å². The second-order valence-corrected chi connectivity index (χ2v) is 3.38. The third-order valence-corrected chi connectivity index (χ3v) is 1.71. The van der Waals surface area contributed by atoms with Crippen molar-refractivity contribution >= 4 is 5.97 Å². The molecule has 0 radical (unpaired) electrons. The predicted octanol–water partition coefficient (Wildman–Crippen LogP) is -0.872. The van der Waals surface area contributed by atoms with E-state index in [9.17, 15) is 18.7 Å². The number of methoxy groups -OCH3 is 1. The summed E-state index contributed by atoms with van der Waals surface area (Å²) in [6, 6.07) is 0. The smallest absolute Gasteiger partial charge is 0.338 e. The number of nitrogens with one attached hydrogen (secondary N) is 1. The normalized spacial score (nSPS) is 15.9. The van der Waals surface area contributed by atoms with Gasteiger partial charge in [-0.15, -0.1) is 0 Å². The van der Waals surface area contributed by atoms with E-state index in [-0.39, 0.29) is 6.54 Å². The SMILES string of the molecule is COC(=O)C(C)(O)CNCC(F)(F)CO. The molecule has 15 heavy (non-hydrogen) atoms. The third-order valence-electron chi connectivity index (χ3n) is 1.71. The Morgan fingerprint density at radius 1 is 1.47 bits per heavy atom. The lowest BCUT2D eigenvalue weighted by molar-refractivity contribution is -0.160. The Kier molecular flexibility index (Phi) is 5.06. The Hall–Kier alpha value is -0.790. The Bertz CT molecular complexity index is 221. The third kappa shape index (κ3) is 5.01. The van der Waals surface area contributed by atoms with Gasteiger partial charge in [0.2, 0.25) is 0 Å². The fourth-order valence-electron chi connectivity index (χ4n) is 0.837. The van der Waals surface area contributed by atoms with E-state index in [1.54, 1.807) is 0 Å². The predicted molar refractivity (Wildman–Crippen MR) is 47.5 cm³/mol. The first-order valence-corrected chi connectivity index (χ1v) is 4.25. The number of carbonyl (C=O) groups is 1. The van der Waals surface area contributed by atoms with Crippen LogP contribution in [0, 0.1) is 0 Å². The monoisotopic (exact) mass is 227 g/mol. The van der Waals surface area contributed by atoms with Crippen molar-refractivity contribution in [1.29, 1.82) is 0 Å². The molecule has 3 N–H and O–H groups in total. The summed E-state index contributed by atoms with van der Waals surface area (Å²) < 4.78 is 29.3. The number of hydrogen-bond donors (Lipinski definition) is 3. The van der Waals surface area contributed by atoms with Crippen LogP contribution in [0.1, 0.15) is 6.92 Å². The molecule has 0 saturated heterocycles. The zero-order valence-electron chi connectivity index (χ0n) is 8.59. The zero-order chi connectivity index (χ0) is 12.1. The van der Waals surface area contributed by atoms with Crippen LogP contribution >= 0.6 is 0 Å². The lowest BCUT2D eigenvalue weighted by atomic mass is 10.1. The van der Waals surface area contributed by atoms with E-state index in [2.05, 4.69) is 10.1 Å².